The number of nitrogens with one attached hydrogen (secondary N) is 2. The fourth-order valence-corrected chi connectivity index (χ4v) is 3.15. The largest absolute Gasteiger partial charge is 0.452 e. The van der Waals surface area contributed by atoms with E-state index in [9.17, 15) is 14.4 Å². The van der Waals surface area contributed by atoms with E-state index in [-0.39, 0.29) is 12.3 Å². The zero-order valence-electron chi connectivity index (χ0n) is 17.2. The van der Waals surface area contributed by atoms with Gasteiger partial charge in [-0.15, -0.1) is 0 Å². The molecule has 0 heterocycles. The van der Waals surface area contributed by atoms with Crippen molar-refractivity contribution in [1.82, 2.24) is 10.9 Å². The number of hydrogen-bond acceptors (Lipinski definition) is 4. The highest BCUT2D eigenvalue weighted by Crippen LogP contribution is 2.28. The first-order valence-corrected chi connectivity index (χ1v) is 9.99. The van der Waals surface area contributed by atoms with Gasteiger partial charge in [-0.2, -0.15) is 0 Å². The molecule has 0 unspecified atom stereocenters. The number of benzene rings is 3. The Bertz CT molecular complexity index is 968. The van der Waals surface area contributed by atoms with Gasteiger partial charge in [0.2, 0.25) is 0 Å². The van der Waals surface area contributed by atoms with Crippen molar-refractivity contribution in [3.63, 3.8) is 0 Å². The summed E-state index contributed by atoms with van der Waals surface area (Å²) in [6, 6.07) is 27.8. The first-order chi connectivity index (χ1) is 15.0. The molecule has 3 aromatic rings. The summed E-state index contributed by atoms with van der Waals surface area (Å²) in [5, 5.41) is 0. The molecule has 0 fully saturated rings. The average Bonchev–Trinajstić information content (AvgIpc) is 2.82. The number of carbonyl (C=O) groups excluding carboxylic acids is 3. The van der Waals surface area contributed by atoms with Crippen molar-refractivity contribution in [3.05, 3.63) is 108 Å². The minimum atomic E-state index is -1.06. The van der Waals surface area contributed by atoms with Crippen LogP contribution in [0.15, 0.2) is 91.0 Å². The molecule has 158 valence electrons. The second kappa shape index (κ2) is 10.7. The fraction of sp³-hybridized carbons (Fsp3) is 0.160. The van der Waals surface area contributed by atoms with Gasteiger partial charge in [-0.25, -0.2) is 0 Å². The molecule has 0 radical (unpaired) electrons. The molecule has 0 aromatic heterocycles. The second-order valence-electron chi connectivity index (χ2n) is 7.02. The van der Waals surface area contributed by atoms with Gasteiger partial charge in [0.1, 0.15) is 0 Å². The van der Waals surface area contributed by atoms with Gasteiger partial charge in [0.25, 0.3) is 11.8 Å². The van der Waals surface area contributed by atoms with Crippen LogP contribution in [0.1, 0.15) is 40.7 Å². The van der Waals surface area contributed by atoms with E-state index in [4.69, 9.17) is 4.74 Å². The minimum absolute atomic E-state index is 0.0853. The number of carbonyl (C=O) groups is 3. The van der Waals surface area contributed by atoms with Gasteiger partial charge in [0, 0.05) is 11.5 Å². The van der Waals surface area contributed by atoms with Gasteiger partial charge >= 0.3 is 5.97 Å². The van der Waals surface area contributed by atoms with Crippen LogP contribution in [0.5, 0.6) is 0 Å². The maximum absolute atomic E-state index is 12.6. The van der Waals surface area contributed by atoms with Gasteiger partial charge < -0.3 is 4.74 Å². The topological polar surface area (TPSA) is 84.5 Å². The van der Waals surface area contributed by atoms with E-state index in [2.05, 4.69) is 10.9 Å². The predicted molar refractivity (Wildman–Crippen MR) is 117 cm³/mol. The van der Waals surface area contributed by atoms with E-state index in [0.717, 1.165) is 11.1 Å². The van der Waals surface area contributed by atoms with Crippen molar-refractivity contribution < 1.29 is 19.1 Å². The van der Waals surface area contributed by atoms with E-state index in [0.29, 0.717) is 5.56 Å². The molecule has 0 spiro atoms. The van der Waals surface area contributed by atoms with Crippen LogP contribution < -0.4 is 10.9 Å². The molecule has 0 aliphatic heterocycles. The number of hydrogen-bond donors (Lipinski definition) is 2. The van der Waals surface area contributed by atoms with Crippen molar-refractivity contribution in [2.24, 2.45) is 0 Å². The Morgan fingerprint density at radius 2 is 1.23 bits per heavy atom. The molecular formula is C25H24N2O4. The van der Waals surface area contributed by atoms with E-state index in [1.54, 1.807) is 30.3 Å². The lowest BCUT2D eigenvalue weighted by Gasteiger charge is -2.19. The Labute approximate surface area is 181 Å². The molecule has 6 heteroatoms. The number of esters is 1. The lowest BCUT2D eigenvalue weighted by molar-refractivity contribution is -0.155. The third-order valence-corrected chi connectivity index (χ3v) is 4.79. The van der Waals surface area contributed by atoms with Gasteiger partial charge in [-0.1, -0.05) is 78.9 Å². The van der Waals surface area contributed by atoms with Gasteiger partial charge in [0.05, 0.1) is 6.42 Å². The average molecular weight is 416 g/mol. The summed E-state index contributed by atoms with van der Waals surface area (Å²) in [5.41, 5.74) is 6.97. The van der Waals surface area contributed by atoms with E-state index >= 15 is 0 Å². The molecule has 2 amide bonds. The molecule has 2 N–H and O–H groups in total. The van der Waals surface area contributed by atoms with Crippen molar-refractivity contribution >= 4 is 17.8 Å². The number of hydrazine groups is 1. The molecule has 3 rings (SSSR count). The molecule has 0 saturated carbocycles. The minimum Gasteiger partial charge on any atom is -0.452 e. The molecule has 0 saturated heterocycles. The number of rotatable bonds is 7. The molecule has 31 heavy (non-hydrogen) atoms. The lowest BCUT2D eigenvalue weighted by atomic mass is 9.88. The van der Waals surface area contributed by atoms with Crippen molar-refractivity contribution in [1.29, 1.82) is 0 Å². The van der Waals surface area contributed by atoms with E-state index < -0.39 is 23.9 Å². The summed E-state index contributed by atoms with van der Waals surface area (Å²) in [6.07, 6.45) is -0.974. The lowest BCUT2D eigenvalue weighted by Crippen LogP contribution is -2.46. The zero-order chi connectivity index (χ0) is 22.1. The zero-order valence-corrected chi connectivity index (χ0v) is 17.2. The molecule has 1 atom stereocenters. The highest BCUT2D eigenvalue weighted by molar-refractivity contribution is 5.95. The fourth-order valence-electron chi connectivity index (χ4n) is 3.15. The Morgan fingerprint density at radius 1 is 0.742 bits per heavy atom. The smallest absolute Gasteiger partial charge is 0.307 e. The first kappa shape index (κ1) is 21.8. The van der Waals surface area contributed by atoms with Gasteiger partial charge in [0.15, 0.2) is 6.10 Å². The summed E-state index contributed by atoms with van der Waals surface area (Å²) >= 11 is 0. The first-order valence-electron chi connectivity index (χ1n) is 9.99. The summed E-state index contributed by atoms with van der Waals surface area (Å²) in [6.45, 7) is 1.46. The monoisotopic (exact) mass is 416 g/mol. The molecule has 3 aromatic carbocycles. The molecule has 0 bridgehead atoms. The summed E-state index contributed by atoms with van der Waals surface area (Å²) in [5.74, 6) is -1.77. The Balaban J connectivity index is 1.57. The highest BCUT2D eigenvalue weighted by atomic mass is 16.5. The van der Waals surface area contributed by atoms with Gasteiger partial charge in [-0.3, -0.25) is 25.2 Å². The van der Waals surface area contributed by atoms with Crippen LogP contribution in [-0.2, 0) is 14.3 Å². The van der Waals surface area contributed by atoms with Crippen LogP contribution in [0.4, 0.5) is 0 Å². The maximum atomic E-state index is 12.6. The van der Waals surface area contributed by atoms with Crippen LogP contribution in [-0.4, -0.2) is 23.9 Å². The van der Waals surface area contributed by atoms with Crippen LogP contribution >= 0.6 is 0 Å². The van der Waals surface area contributed by atoms with Crippen LogP contribution in [0.25, 0.3) is 0 Å². The number of ether oxygens (including phenoxy) is 1. The summed E-state index contributed by atoms with van der Waals surface area (Å²) in [4.78, 5) is 36.8. The van der Waals surface area contributed by atoms with Gasteiger partial charge in [-0.05, 0) is 30.2 Å². The van der Waals surface area contributed by atoms with Crippen LogP contribution in [0, 0.1) is 0 Å². The molecule has 6 nitrogen and oxygen atoms in total. The Morgan fingerprint density at radius 3 is 1.74 bits per heavy atom. The van der Waals surface area contributed by atoms with E-state index in [1.807, 2.05) is 60.7 Å². The highest BCUT2D eigenvalue weighted by Gasteiger charge is 2.23. The van der Waals surface area contributed by atoms with Crippen molar-refractivity contribution in [2.75, 3.05) is 0 Å². The van der Waals surface area contributed by atoms with Crippen LogP contribution in [0.3, 0.4) is 0 Å². The quantitative estimate of drug-likeness (QED) is 0.455. The van der Waals surface area contributed by atoms with Crippen molar-refractivity contribution in [3.8, 4) is 0 Å². The molecular weight excluding hydrogens is 392 g/mol. The Kier molecular flexibility index (Phi) is 7.54. The normalized spacial score (nSPS) is 11.4. The second-order valence-corrected chi connectivity index (χ2v) is 7.02. The number of amides is 2. The van der Waals surface area contributed by atoms with Crippen LogP contribution in [0.2, 0.25) is 0 Å². The summed E-state index contributed by atoms with van der Waals surface area (Å²) < 4.78 is 5.32. The molecule has 0 aliphatic carbocycles. The third-order valence-electron chi connectivity index (χ3n) is 4.79. The maximum Gasteiger partial charge on any atom is 0.307 e. The SMILES string of the molecule is C[C@H](OC(=O)CC(c1ccccc1)c1ccccc1)C(=O)NNC(=O)c1ccccc1. The predicted octanol–water partition coefficient (Wildman–Crippen LogP) is 3.60. The molecule has 0 aliphatic rings. The van der Waals surface area contributed by atoms with Crippen molar-refractivity contribution in [2.45, 2.75) is 25.4 Å². The third kappa shape index (κ3) is 6.27. The summed E-state index contributed by atoms with van der Waals surface area (Å²) in [7, 11) is 0. The standard InChI is InChI=1S/C25H24N2O4/c1-18(24(29)26-27-25(30)21-15-9-4-10-16-21)31-23(28)17-22(19-11-5-2-6-12-19)20-13-7-3-8-14-20/h2-16,18,22H,17H2,1H3,(H,26,29)(H,27,30)/t18-/m0/s1. The Hall–Kier alpha value is -3.93. The van der Waals surface area contributed by atoms with E-state index in [1.165, 1.54) is 6.92 Å².